The average molecular weight is 381 g/mol. The smallest absolute Gasteiger partial charge is 0.331 e. The lowest BCUT2D eigenvalue weighted by Gasteiger charge is -2.29. The number of carbonyl (C=O) groups is 2. The van der Waals surface area contributed by atoms with Crippen molar-refractivity contribution in [1.29, 1.82) is 0 Å². The predicted octanol–water partition coefficient (Wildman–Crippen LogP) is 4.10. The van der Waals surface area contributed by atoms with Gasteiger partial charge >= 0.3 is 5.97 Å². The molecule has 1 aliphatic rings. The summed E-state index contributed by atoms with van der Waals surface area (Å²) >= 11 is 0. The van der Waals surface area contributed by atoms with E-state index in [0.717, 1.165) is 41.3 Å². The van der Waals surface area contributed by atoms with Crippen molar-refractivity contribution in [2.75, 3.05) is 13.7 Å². The summed E-state index contributed by atoms with van der Waals surface area (Å²) in [5.74, 6) is 0.517. The third kappa shape index (κ3) is 5.35. The van der Waals surface area contributed by atoms with E-state index in [4.69, 9.17) is 9.47 Å². The summed E-state index contributed by atoms with van der Waals surface area (Å²) in [5.41, 5.74) is 0.884. The van der Waals surface area contributed by atoms with Crippen LogP contribution < -0.4 is 10.1 Å². The first-order valence-electron chi connectivity index (χ1n) is 9.77. The highest BCUT2D eigenvalue weighted by atomic mass is 16.5. The quantitative estimate of drug-likeness (QED) is 0.604. The van der Waals surface area contributed by atoms with Crippen molar-refractivity contribution >= 4 is 28.7 Å². The van der Waals surface area contributed by atoms with E-state index in [0.29, 0.717) is 5.92 Å². The molecule has 2 aromatic rings. The van der Waals surface area contributed by atoms with E-state index in [1.165, 1.54) is 12.5 Å². The monoisotopic (exact) mass is 381 g/mol. The lowest BCUT2D eigenvalue weighted by atomic mass is 9.86. The Morgan fingerprint density at radius 1 is 1.11 bits per heavy atom. The van der Waals surface area contributed by atoms with Gasteiger partial charge in [-0.05, 0) is 59.4 Å². The topological polar surface area (TPSA) is 64.6 Å². The van der Waals surface area contributed by atoms with Gasteiger partial charge in [-0.25, -0.2) is 4.79 Å². The Morgan fingerprint density at radius 2 is 1.86 bits per heavy atom. The molecule has 3 rings (SSSR count). The number of hydrogen-bond donors (Lipinski definition) is 1. The number of carbonyl (C=O) groups excluding carboxylic acids is 2. The molecular weight excluding hydrogens is 354 g/mol. The van der Waals surface area contributed by atoms with Crippen LogP contribution in [0.4, 0.5) is 0 Å². The van der Waals surface area contributed by atoms with Crippen molar-refractivity contribution in [2.45, 2.75) is 38.6 Å². The molecule has 5 nitrogen and oxygen atoms in total. The van der Waals surface area contributed by atoms with E-state index < -0.39 is 5.97 Å². The van der Waals surface area contributed by atoms with Gasteiger partial charge in [-0.2, -0.15) is 0 Å². The molecule has 1 aliphatic carbocycles. The van der Waals surface area contributed by atoms with E-state index in [1.807, 2.05) is 36.4 Å². The van der Waals surface area contributed by atoms with Crippen molar-refractivity contribution < 1.29 is 19.1 Å². The summed E-state index contributed by atoms with van der Waals surface area (Å²) < 4.78 is 10.3. The molecule has 1 saturated carbocycles. The molecule has 0 aliphatic heterocycles. The van der Waals surface area contributed by atoms with Gasteiger partial charge in [0.2, 0.25) is 0 Å². The number of hydrogen-bond acceptors (Lipinski definition) is 4. The Labute approximate surface area is 165 Å². The van der Waals surface area contributed by atoms with Gasteiger partial charge < -0.3 is 14.8 Å². The lowest BCUT2D eigenvalue weighted by Crippen LogP contribution is -2.42. The van der Waals surface area contributed by atoms with Crippen LogP contribution in [0.15, 0.2) is 42.5 Å². The Morgan fingerprint density at radius 3 is 2.64 bits per heavy atom. The summed E-state index contributed by atoms with van der Waals surface area (Å²) in [7, 11) is 1.64. The van der Waals surface area contributed by atoms with Gasteiger partial charge in [0.25, 0.3) is 5.91 Å². The summed E-state index contributed by atoms with van der Waals surface area (Å²) in [6, 6.07) is 11.9. The van der Waals surface area contributed by atoms with Crippen LogP contribution in [-0.2, 0) is 14.3 Å². The highest BCUT2D eigenvalue weighted by molar-refractivity contribution is 5.91. The highest BCUT2D eigenvalue weighted by Crippen LogP contribution is 2.24. The van der Waals surface area contributed by atoms with Crippen LogP contribution in [0.5, 0.6) is 5.75 Å². The minimum absolute atomic E-state index is 0.187. The summed E-state index contributed by atoms with van der Waals surface area (Å²) in [5, 5.41) is 5.09. The second-order valence-electron chi connectivity index (χ2n) is 7.35. The van der Waals surface area contributed by atoms with E-state index in [1.54, 1.807) is 13.2 Å². The second kappa shape index (κ2) is 9.40. The Hall–Kier alpha value is -2.82. The molecule has 0 bridgehead atoms. The Balaban J connectivity index is 1.50. The number of fused-ring (bicyclic) bond motifs is 1. The fourth-order valence-corrected chi connectivity index (χ4v) is 3.60. The third-order valence-electron chi connectivity index (χ3n) is 5.29. The Bertz CT molecular complexity index is 874. The first-order chi connectivity index (χ1) is 13.5. The molecule has 0 heterocycles. The molecule has 1 fully saturated rings. The molecule has 28 heavy (non-hydrogen) atoms. The second-order valence-corrected chi connectivity index (χ2v) is 7.35. The molecule has 0 radical (unpaired) electrons. The van der Waals surface area contributed by atoms with Crippen molar-refractivity contribution in [3.8, 4) is 5.75 Å². The van der Waals surface area contributed by atoms with Gasteiger partial charge in [0.05, 0.1) is 7.11 Å². The maximum absolute atomic E-state index is 12.0. The number of nitrogens with one attached hydrogen (secondary N) is 1. The van der Waals surface area contributed by atoms with Crippen LogP contribution in [-0.4, -0.2) is 31.6 Å². The maximum atomic E-state index is 12.0. The van der Waals surface area contributed by atoms with Crippen LogP contribution >= 0.6 is 0 Å². The molecule has 0 saturated heterocycles. The van der Waals surface area contributed by atoms with Gasteiger partial charge in [0.15, 0.2) is 6.61 Å². The van der Waals surface area contributed by atoms with Gasteiger partial charge in [-0.15, -0.1) is 0 Å². The van der Waals surface area contributed by atoms with Crippen LogP contribution in [0.3, 0.4) is 0 Å². The van der Waals surface area contributed by atoms with Crippen molar-refractivity contribution in [3.63, 3.8) is 0 Å². The van der Waals surface area contributed by atoms with Crippen LogP contribution in [0.25, 0.3) is 16.8 Å². The highest BCUT2D eigenvalue weighted by Gasteiger charge is 2.22. The average Bonchev–Trinajstić information content (AvgIpc) is 2.72. The van der Waals surface area contributed by atoms with Gasteiger partial charge in [-0.3, -0.25) is 4.79 Å². The molecule has 0 spiro atoms. The molecule has 2 aromatic carbocycles. The molecular formula is C23H27NO4. The predicted molar refractivity (Wildman–Crippen MR) is 110 cm³/mol. The molecule has 1 amide bonds. The SMILES string of the molecule is COc1ccc2cc(/C=C/C(=O)OCC(=O)N[C@H]3CCCC[C@@H]3C)ccc2c1. The third-order valence-corrected chi connectivity index (χ3v) is 5.29. The van der Waals surface area contributed by atoms with E-state index in [9.17, 15) is 9.59 Å². The van der Waals surface area contributed by atoms with Gasteiger partial charge in [-0.1, -0.05) is 38.0 Å². The lowest BCUT2D eigenvalue weighted by molar-refractivity contribution is -0.144. The number of ether oxygens (including phenoxy) is 2. The zero-order chi connectivity index (χ0) is 19.9. The Kier molecular flexibility index (Phi) is 6.69. The number of amides is 1. The van der Waals surface area contributed by atoms with Gasteiger partial charge in [0, 0.05) is 12.1 Å². The minimum atomic E-state index is -0.526. The molecule has 0 aromatic heterocycles. The summed E-state index contributed by atoms with van der Waals surface area (Å²) in [4.78, 5) is 23.9. The fourth-order valence-electron chi connectivity index (χ4n) is 3.60. The normalized spacial score (nSPS) is 19.5. The first-order valence-corrected chi connectivity index (χ1v) is 9.77. The molecule has 5 heteroatoms. The van der Waals surface area contributed by atoms with E-state index in [-0.39, 0.29) is 18.6 Å². The largest absolute Gasteiger partial charge is 0.497 e. The van der Waals surface area contributed by atoms with Crippen LogP contribution in [0.2, 0.25) is 0 Å². The number of rotatable bonds is 6. The zero-order valence-electron chi connectivity index (χ0n) is 16.4. The maximum Gasteiger partial charge on any atom is 0.331 e. The van der Waals surface area contributed by atoms with E-state index >= 15 is 0 Å². The molecule has 148 valence electrons. The first kappa shape index (κ1) is 19.9. The van der Waals surface area contributed by atoms with Gasteiger partial charge in [0.1, 0.15) is 5.75 Å². The summed E-state index contributed by atoms with van der Waals surface area (Å²) in [6.45, 7) is 1.91. The number of benzene rings is 2. The fraction of sp³-hybridized carbons (Fsp3) is 0.391. The summed E-state index contributed by atoms with van der Waals surface area (Å²) in [6.07, 6.45) is 7.51. The van der Waals surface area contributed by atoms with Crippen molar-refractivity contribution in [2.24, 2.45) is 5.92 Å². The van der Waals surface area contributed by atoms with Crippen LogP contribution in [0.1, 0.15) is 38.2 Å². The molecule has 1 N–H and O–H groups in total. The number of esters is 1. The molecule has 0 unspecified atom stereocenters. The minimum Gasteiger partial charge on any atom is -0.497 e. The standard InChI is InChI=1S/C23H27NO4/c1-16-5-3-4-6-21(16)24-22(25)15-28-23(26)12-8-17-7-9-19-14-20(27-2)11-10-18(19)13-17/h7-14,16,21H,3-6,15H2,1-2H3,(H,24,25)/b12-8+/t16-,21-/m0/s1. The van der Waals surface area contributed by atoms with Crippen LogP contribution in [0, 0.1) is 5.92 Å². The van der Waals surface area contributed by atoms with Crippen molar-refractivity contribution in [3.05, 3.63) is 48.0 Å². The zero-order valence-corrected chi connectivity index (χ0v) is 16.4. The van der Waals surface area contributed by atoms with E-state index in [2.05, 4.69) is 12.2 Å². The van der Waals surface area contributed by atoms with Crippen molar-refractivity contribution in [1.82, 2.24) is 5.32 Å². The molecule has 2 atom stereocenters. The number of methoxy groups -OCH3 is 1.